The standard InChI is InChI=1S/C22H20ClN7O3/c1-29-18(10-15(11-23)27-29)21(32)24-14-3-2-4-16(9-14)33-17-7-8-19-25-22(28-30(19)12-17)26-20(31)13-5-6-13/h2-4,7-10,12-13H,5-6,11H2,1H3,(H,24,32)(H,26,28,31). The van der Waals surface area contributed by atoms with Crippen molar-refractivity contribution in [3.63, 3.8) is 0 Å². The maximum atomic E-state index is 12.6. The molecule has 4 aromatic rings. The van der Waals surface area contributed by atoms with E-state index in [9.17, 15) is 9.59 Å². The Morgan fingerprint density at radius 2 is 1.97 bits per heavy atom. The van der Waals surface area contributed by atoms with Crippen LogP contribution in [0.5, 0.6) is 11.5 Å². The van der Waals surface area contributed by atoms with Gasteiger partial charge in [-0.2, -0.15) is 10.1 Å². The second kappa shape index (κ2) is 8.55. The number of aryl methyl sites for hydroxylation is 1. The van der Waals surface area contributed by atoms with Crippen LogP contribution >= 0.6 is 11.6 Å². The van der Waals surface area contributed by atoms with Crippen molar-refractivity contribution in [3.8, 4) is 11.5 Å². The van der Waals surface area contributed by atoms with Crippen molar-refractivity contribution in [1.82, 2.24) is 24.4 Å². The van der Waals surface area contributed by atoms with Crippen molar-refractivity contribution in [2.75, 3.05) is 10.6 Å². The van der Waals surface area contributed by atoms with Gasteiger partial charge >= 0.3 is 0 Å². The molecule has 3 aromatic heterocycles. The van der Waals surface area contributed by atoms with Crippen LogP contribution < -0.4 is 15.4 Å². The van der Waals surface area contributed by atoms with E-state index in [1.165, 1.54) is 4.68 Å². The highest BCUT2D eigenvalue weighted by molar-refractivity contribution is 6.17. The molecule has 2 amide bonds. The summed E-state index contributed by atoms with van der Waals surface area (Å²) >= 11 is 5.80. The number of benzene rings is 1. The Kier molecular flexibility index (Phi) is 5.43. The summed E-state index contributed by atoms with van der Waals surface area (Å²) in [7, 11) is 1.69. The van der Waals surface area contributed by atoms with Crippen LogP contribution in [-0.4, -0.2) is 36.2 Å². The van der Waals surface area contributed by atoms with Gasteiger partial charge in [-0.3, -0.25) is 19.6 Å². The maximum absolute atomic E-state index is 12.6. The maximum Gasteiger partial charge on any atom is 0.273 e. The Balaban J connectivity index is 1.29. The molecule has 0 atom stereocenters. The molecule has 168 valence electrons. The molecule has 1 saturated carbocycles. The van der Waals surface area contributed by atoms with E-state index in [0.717, 1.165) is 12.8 Å². The first-order chi connectivity index (χ1) is 16.0. The van der Waals surface area contributed by atoms with E-state index >= 15 is 0 Å². The largest absolute Gasteiger partial charge is 0.456 e. The van der Waals surface area contributed by atoms with Crippen molar-refractivity contribution < 1.29 is 14.3 Å². The van der Waals surface area contributed by atoms with E-state index in [1.807, 2.05) is 0 Å². The molecule has 10 nitrogen and oxygen atoms in total. The molecule has 0 unspecified atom stereocenters. The molecule has 0 bridgehead atoms. The van der Waals surface area contributed by atoms with Gasteiger partial charge in [0.1, 0.15) is 17.2 Å². The van der Waals surface area contributed by atoms with Crippen LogP contribution in [0, 0.1) is 5.92 Å². The lowest BCUT2D eigenvalue weighted by Gasteiger charge is -2.09. The molecular weight excluding hydrogens is 446 g/mol. The molecule has 33 heavy (non-hydrogen) atoms. The number of fused-ring (bicyclic) bond motifs is 1. The van der Waals surface area contributed by atoms with E-state index < -0.39 is 0 Å². The second-order valence-corrected chi connectivity index (χ2v) is 8.00. The Hall–Kier alpha value is -3.92. The number of carbonyl (C=O) groups excluding carboxylic acids is 2. The fourth-order valence-electron chi connectivity index (χ4n) is 3.31. The van der Waals surface area contributed by atoms with E-state index in [2.05, 4.69) is 25.8 Å². The first-order valence-electron chi connectivity index (χ1n) is 10.3. The van der Waals surface area contributed by atoms with Crippen LogP contribution in [0.3, 0.4) is 0 Å². The van der Waals surface area contributed by atoms with Crippen LogP contribution in [0.25, 0.3) is 5.65 Å². The van der Waals surface area contributed by atoms with Crippen molar-refractivity contribution in [3.05, 3.63) is 60.0 Å². The van der Waals surface area contributed by atoms with Gasteiger partial charge in [-0.1, -0.05) is 6.07 Å². The molecule has 0 aliphatic heterocycles. The molecule has 0 saturated heterocycles. The third-order valence-corrected chi connectivity index (χ3v) is 5.39. The number of hydrogen-bond donors (Lipinski definition) is 2. The first kappa shape index (κ1) is 21.0. The van der Waals surface area contributed by atoms with Gasteiger partial charge in [0.2, 0.25) is 11.9 Å². The van der Waals surface area contributed by atoms with Gasteiger partial charge in [0.15, 0.2) is 5.65 Å². The molecule has 3 heterocycles. The Morgan fingerprint density at radius 1 is 1.12 bits per heavy atom. The predicted molar refractivity (Wildman–Crippen MR) is 122 cm³/mol. The van der Waals surface area contributed by atoms with Crippen LogP contribution in [0.15, 0.2) is 48.7 Å². The summed E-state index contributed by atoms with van der Waals surface area (Å²) in [6, 6.07) is 12.2. The van der Waals surface area contributed by atoms with Gasteiger partial charge in [0.25, 0.3) is 5.91 Å². The zero-order chi connectivity index (χ0) is 22.9. The van der Waals surface area contributed by atoms with Gasteiger partial charge in [0.05, 0.1) is 17.8 Å². The Bertz CT molecular complexity index is 1360. The molecule has 1 aliphatic carbocycles. The van der Waals surface area contributed by atoms with Crippen molar-refractivity contribution >= 4 is 40.7 Å². The molecule has 2 N–H and O–H groups in total. The van der Waals surface area contributed by atoms with Crippen LogP contribution in [0.1, 0.15) is 29.0 Å². The summed E-state index contributed by atoms with van der Waals surface area (Å²) in [6.45, 7) is 0. The van der Waals surface area contributed by atoms with Crippen LogP contribution in [-0.2, 0) is 17.7 Å². The number of alkyl halides is 1. The molecule has 0 spiro atoms. The lowest BCUT2D eigenvalue weighted by Crippen LogP contribution is -2.16. The number of halogens is 1. The predicted octanol–water partition coefficient (Wildman–Crippen LogP) is 3.59. The number of aromatic nitrogens is 5. The van der Waals surface area contributed by atoms with Crippen molar-refractivity contribution in [1.29, 1.82) is 0 Å². The van der Waals surface area contributed by atoms with Gasteiger partial charge < -0.3 is 10.1 Å². The quantitative estimate of drug-likeness (QED) is 0.403. The molecule has 1 fully saturated rings. The fraction of sp³-hybridized carbons (Fsp3) is 0.227. The number of nitrogens with one attached hydrogen (secondary N) is 2. The average Bonchev–Trinajstić information content (AvgIpc) is 3.47. The highest BCUT2D eigenvalue weighted by atomic mass is 35.5. The van der Waals surface area contributed by atoms with E-state index in [0.29, 0.717) is 34.2 Å². The van der Waals surface area contributed by atoms with Crippen molar-refractivity contribution in [2.24, 2.45) is 13.0 Å². The normalized spacial score (nSPS) is 13.2. The highest BCUT2D eigenvalue weighted by Gasteiger charge is 2.30. The SMILES string of the molecule is Cn1nc(CCl)cc1C(=O)Nc1cccc(Oc2ccc3nc(NC(=O)C4CC4)nn3c2)c1. The number of hydrogen-bond acceptors (Lipinski definition) is 6. The zero-order valence-electron chi connectivity index (χ0n) is 17.7. The van der Waals surface area contributed by atoms with E-state index in [1.54, 1.807) is 60.2 Å². The summed E-state index contributed by atoms with van der Waals surface area (Å²) in [5.41, 5.74) is 2.18. The third-order valence-electron chi connectivity index (χ3n) is 5.11. The van der Waals surface area contributed by atoms with Crippen LogP contribution in [0.4, 0.5) is 11.6 Å². The Morgan fingerprint density at radius 3 is 2.73 bits per heavy atom. The summed E-state index contributed by atoms with van der Waals surface area (Å²) in [5, 5.41) is 14.0. The summed E-state index contributed by atoms with van der Waals surface area (Å²) in [4.78, 5) is 28.8. The molecule has 1 aliphatic rings. The summed E-state index contributed by atoms with van der Waals surface area (Å²) < 4.78 is 8.97. The van der Waals surface area contributed by atoms with E-state index in [4.69, 9.17) is 16.3 Å². The Labute approximate surface area is 193 Å². The fourth-order valence-corrected chi connectivity index (χ4v) is 3.44. The smallest absolute Gasteiger partial charge is 0.273 e. The van der Waals surface area contributed by atoms with Crippen LogP contribution in [0.2, 0.25) is 0 Å². The number of nitrogens with zero attached hydrogens (tertiary/aromatic N) is 5. The summed E-state index contributed by atoms with van der Waals surface area (Å²) in [5.74, 6) is 1.27. The number of anilines is 2. The average molecular weight is 466 g/mol. The minimum Gasteiger partial charge on any atom is -0.456 e. The van der Waals surface area contributed by atoms with Gasteiger partial charge in [-0.15, -0.1) is 16.7 Å². The minimum absolute atomic E-state index is 0.0498. The van der Waals surface area contributed by atoms with Gasteiger partial charge in [-0.05, 0) is 43.2 Å². The van der Waals surface area contributed by atoms with Gasteiger partial charge in [-0.25, -0.2) is 4.52 Å². The first-order valence-corrected chi connectivity index (χ1v) is 10.9. The summed E-state index contributed by atoms with van der Waals surface area (Å²) in [6.07, 6.45) is 3.49. The molecule has 5 rings (SSSR count). The zero-order valence-corrected chi connectivity index (χ0v) is 18.4. The monoisotopic (exact) mass is 465 g/mol. The molecule has 1 aromatic carbocycles. The minimum atomic E-state index is -0.302. The number of rotatable bonds is 7. The molecule has 0 radical (unpaired) electrons. The van der Waals surface area contributed by atoms with E-state index in [-0.39, 0.29) is 29.6 Å². The lowest BCUT2D eigenvalue weighted by molar-refractivity contribution is -0.117. The molecule has 11 heteroatoms. The van der Waals surface area contributed by atoms with Crippen molar-refractivity contribution in [2.45, 2.75) is 18.7 Å². The third kappa shape index (κ3) is 4.65. The second-order valence-electron chi connectivity index (χ2n) is 7.73. The number of amides is 2. The number of ether oxygens (including phenoxy) is 1. The number of pyridine rings is 1. The topological polar surface area (TPSA) is 115 Å². The highest BCUT2D eigenvalue weighted by Crippen LogP contribution is 2.30. The van der Waals surface area contributed by atoms with Gasteiger partial charge in [0, 0.05) is 24.7 Å². The molecular formula is C22H20ClN7O3. The lowest BCUT2D eigenvalue weighted by atomic mass is 10.2. The number of carbonyl (C=O) groups is 2.